The van der Waals surface area contributed by atoms with Crippen molar-refractivity contribution in [2.24, 2.45) is 0 Å². The van der Waals surface area contributed by atoms with Crippen LogP contribution in [0.15, 0.2) is 129 Å². The van der Waals surface area contributed by atoms with Gasteiger partial charge in [-0.2, -0.15) is 17.5 Å². The van der Waals surface area contributed by atoms with Gasteiger partial charge in [0.1, 0.15) is 10.7 Å². The van der Waals surface area contributed by atoms with Gasteiger partial charge >= 0.3 is 6.18 Å². The molecule has 2 heterocycles. The zero-order valence-corrected chi connectivity index (χ0v) is 26.2. The number of aromatic nitrogens is 2. The summed E-state index contributed by atoms with van der Waals surface area (Å²) < 4.78 is 101. The van der Waals surface area contributed by atoms with Gasteiger partial charge < -0.3 is 9.62 Å². The van der Waals surface area contributed by atoms with Gasteiger partial charge in [-0.15, -0.1) is 9.94 Å². The molecule has 0 saturated heterocycles. The van der Waals surface area contributed by atoms with E-state index in [1.807, 2.05) is 0 Å². The fourth-order valence-electron chi connectivity index (χ4n) is 5.26. The van der Waals surface area contributed by atoms with Crippen molar-refractivity contribution in [2.75, 3.05) is 0 Å². The van der Waals surface area contributed by atoms with Crippen molar-refractivity contribution in [1.82, 2.24) is 14.2 Å². The molecule has 0 saturated carbocycles. The summed E-state index contributed by atoms with van der Waals surface area (Å²) in [6.07, 6.45) is -2.73. The number of sulfonamides is 1. The van der Waals surface area contributed by atoms with Crippen LogP contribution in [0.4, 0.5) is 13.2 Å². The third-order valence-corrected chi connectivity index (χ3v) is 11.3. The second kappa shape index (κ2) is 12.0. The van der Waals surface area contributed by atoms with E-state index in [1.54, 1.807) is 79.7 Å². The Hall–Kier alpha value is -4.92. The number of halogens is 3. The van der Waals surface area contributed by atoms with Crippen LogP contribution in [-0.2, 0) is 39.1 Å². The number of sulfone groups is 1. The molecule has 0 aliphatic carbocycles. The Balaban J connectivity index is 1.34. The van der Waals surface area contributed by atoms with Gasteiger partial charge in [0.25, 0.3) is 0 Å². The Morgan fingerprint density at radius 2 is 1.57 bits per heavy atom. The van der Waals surface area contributed by atoms with Crippen LogP contribution in [0.1, 0.15) is 22.6 Å². The number of aryl methyl sites for hydroxylation is 1. The van der Waals surface area contributed by atoms with E-state index in [2.05, 4.69) is 5.10 Å². The summed E-state index contributed by atoms with van der Waals surface area (Å²) in [5, 5.41) is 14.1. The molecule has 0 spiro atoms. The normalized spacial score (nSPS) is 12.6. The van der Waals surface area contributed by atoms with Gasteiger partial charge in [0.15, 0.2) is 0 Å². The number of benzene rings is 4. The quantitative estimate of drug-likeness (QED) is 0.162. The third-order valence-electron chi connectivity index (χ3n) is 7.59. The van der Waals surface area contributed by atoms with Gasteiger partial charge in [0.2, 0.25) is 25.6 Å². The number of nitrogens with zero attached hydrogens (tertiary/aromatic N) is 3. The highest BCUT2D eigenvalue weighted by atomic mass is 32.2. The lowest BCUT2D eigenvalue weighted by atomic mass is 10.0. The molecule has 4 aromatic carbocycles. The van der Waals surface area contributed by atoms with Crippen LogP contribution in [0.3, 0.4) is 0 Å². The van der Waals surface area contributed by atoms with Crippen LogP contribution in [0.25, 0.3) is 21.9 Å². The molecule has 0 fully saturated rings. The van der Waals surface area contributed by atoms with Gasteiger partial charge in [-0.1, -0.05) is 72.8 Å². The molecule has 0 amide bonds. The van der Waals surface area contributed by atoms with Crippen LogP contribution < -0.4 is 0 Å². The maximum Gasteiger partial charge on any atom is 0.449 e. The van der Waals surface area contributed by atoms with Gasteiger partial charge in [0.05, 0.1) is 28.7 Å². The first-order valence-corrected chi connectivity index (χ1v) is 17.0. The average molecular weight is 682 g/mol. The minimum atomic E-state index is -4.73. The maximum atomic E-state index is 14.3. The average Bonchev–Trinajstić information content (AvgIpc) is 3.71. The molecule has 0 atom stereocenters. The second-order valence-corrected chi connectivity index (χ2v) is 14.6. The smallest absolute Gasteiger partial charge is 0.449 e. The van der Waals surface area contributed by atoms with Crippen LogP contribution in [-0.4, -0.2) is 36.3 Å². The molecule has 6 rings (SSSR count). The van der Waals surface area contributed by atoms with Crippen LogP contribution in [0, 0.1) is 6.92 Å². The number of alkyl halides is 3. The molecule has 1 N–H and O–H groups in total. The lowest BCUT2D eigenvalue weighted by molar-refractivity contribution is -0.153. The summed E-state index contributed by atoms with van der Waals surface area (Å²) in [6, 6.07) is 25.2. The standard InChI is InChI=1S/C33H26F3N3O6S2/c1-22-9-12-25-5-2-3-8-30(25)32(22)47(43,44)38(20-27-15-16-31(45-27)33(34,35)36)19-23-10-13-24(14-11-23)26-6-4-7-28(17-26)46(41,42)29-18-37-39(40)21-29/h2-18,21,40H,19-20H2,1H3. The monoisotopic (exact) mass is 681 g/mol. The fraction of sp³-hybridized carbons (Fsp3) is 0.121. The summed E-state index contributed by atoms with van der Waals surface area (Å²) in [4.78, 5) is 0.238. The van der Waals surface area contributed by atoms with E-state index < -0.39 is 38.3 Å². The lowest BCUT2D eigenvalue weighted by Crippen LogP contribution is -2.31. The summed E-state index contributed by atoms with van der Waals surface area (Å²) in [6.45, 7) is 0.991. The first-order valence-electron chi connectivity index (χ1n) is 14.1. The molecule has 242 valence electrons. The first kappa shape index (κ1) is 32.0. The molecule has 6 aromatic rings. The number of furan rings is 1. The van der Waals surface area contributed by atoms with Crippen molar-refractivity contribution >= 4 is 30.6 Å². The lowest BCUT2D eigenvalue weighted by Gasteiger charge is -2.24. The predicted octanol–water partition coefficient (Wildman–Crippen LogP) is 7.08. The zero-order valence-electron chi connectivity index (χ0n) is 24.6. The molecule has 0 bridgehead atoms. The highest BCUT2D eigenvalue weighted by Crippen LogP contribution is 2.34. The van der Waals surface area contributed by atoms with E-state index in [9.17, 15) is 35.2 Å². The van der Waals surface area contributed by atoms with E-state index in [0.29, 0.717) is 37.9 Å². The molecule has 47 heavy (non-hydrogen) atoms. The minimum Gasteiger partial charge on any atom is -0.455 e. The van der Waals surface area contributed by atoms with Gasteiger partial charge in [-0.25, -0.2) is 16.8 Å². The highest BCUT2D eigenvalue weighted by Gasteiger charge is 2.36. The van der Waals surface area contributed by atoms with Crippen molar-refractivity contribution < 1.29 is 39.6 Å². The van der Waals surface area contributed by atoms with E-state index in [-0.39, 0.29) is 27.0 Å². The molecule has 0 aliphatic rings. The molecule has 0 aliphatic heterocycles. The number of rotatable bonds is 9. The van der Waals surface area contributed by atoms with Crippen LogP contribution in [0.5, 0.6) is 0 Å². The SMILES string of the molecule is Cc1ccc2ccccc2c1S(=O)(=O)N(Cc1ccc(-c2cccc(S(=O)(=O)c3cnn(O)c3)c2)cc1)Cc1ccc(C(F)(F)F)o1. The zero-order chi connectivity index (χ0) is 33.6. The summed E-state index contributed by atoms with van der Waals surface area (Å²) in [7, 11) is -8.26. The van der Waals surface area contributed by atoms with Crippen molar-refractivity contribution in [3.05, 3.63) is 132 Å². The van der Waals surface area contributed by atoms with Gasteiger partial charge in [0, 0.05) is 11.9 Å². The van der Waals surface area contributed by atoms with Crippen molar-refractivity contribution in [1.29, 1.82) is 0 Å². The third kappa shape index (κ3) is 6.39. The topological polar surface area (TPSA) is 123 Å². The Labute approximate surface area is 268 Å². The van der Waals surface area contributed by atoms with Crippen molar-refractivity contribution in [2.45, 2.75) is 40.9 Å². The van der Waals surface area contributed by atoms with Crippen molar-refractivity contribution in [3.63, 3.8) is 0 Å². The van der Waals surface area contributed by atoms with Crippen LogP contribution >= 0.6 is 0 Å². The molecule has 0 radical (unpaired) electrons. The van der Waals surface area contributed by atoms with Crippen LogP contribution in [0.2, 0.25) is 0 Å². The Bertz CT molecular complexity index is 2310. The molecular formula is C33H26F3N3O6S2. The van der Waals surface area contributed by atoms with Gasteiger partial charge in [-0.05, 0) is 58.8 Å². The van der Waals surface area contributed by atoms with Crippen molar-refractivity contribution in [3.8, 4) is 11.1 Å². The second-order valence-electron chi connectivity index (χ2n) is 10.8. The van der Waals surface area contributed by atoms with E-state index in [4.69, 9.17) is 4.42 Å². The molecule has 2 aromatic heterocycles. The fourth-order valence-corrected chi connectivity index (χ4v) is 8.30. The molecular weight excluding hydrogens is 656 g/mol. The number of fused-ring (bicyclic) bond motifs is 1. The molecule has 0 unspecified atom stereocenters. The van der Waals surface area contributed by atoms with E-state index in [0.717, 1.165) is 28.8 Å². The molecule has 9 nitrogen and oxygen atoms in total. The minimum absolute atomic E-state index is 0.0218. The number of hydrogen-bond acceptors (Lipinski definition) is 7. The Morgan fingerprint density at radius 3 is 2.26 bits per heavy atom. The molecule has 14 heteroatoms. The van der Waals surface area contributed by atoms with E-state index >= 15 is 0 Å². The Morgan fingerprint density at radius 1 is 0.830 bits per heavy atom. The predicted molar refractivity (Wildman–Crippen MR) is 166 cm³/mol. The first-order chi connectivity index (χ1) is 22.2. The van der Waals surface area contributed by atoms with E-state index in [1.165, 1.54) is 12.1 Å². The number of hydrogen-bond donors (Lipinski definition) is 1. The summed E-state index contributed by atoms with van der Waals surface area (Å²) in [5.74, 6) is -1.41. The summed E-state index contributed by atoms with van der Waals surface area (Å²) in [5.41, 5.74) is 2.18. The largest absolute Gasteiger partial charge is 0.455 e. The maximum absolute atomic E-state index is 14.3. The summed E-state index contributed by atoms with van der Waals surface area (Å²) >= 11 is 0. The Kier molecular flexibility index (Phi) is 8.20. The van der Waals surface area contributed by atoms with Gasteiger partial charge in [-0.3, -0.25) is 0 Å². The highest BCUT2D eigenvalue weighted by molar-refractivity contribution is 7.91.